The molecule has 0 bridgehead atoms. The van der Waals surface area contributed by atoms with Gasteiger partial charge in [0, 0.05) is 6.54 Å². The molecule has 1 aromatic carbocycles. The highest BCUT2D eigenvalue weighted by molar-refractivity contribution is 5.90. The zero-order chi connectivity index (χ0) is 15.8. The SMILES string of the molecule is CCOc1ccccc1NC(=O)NCC1(O)CCCCCC1. The van der Waals surface area contributed by atoms with Crippen molar-refractivity contribution < 1.29 is 14.6 Å². The van der Waals surface area contributed by atoms with Crippen LogP contribution in [-0.2, 0) is 0 Å². The number of carbonyl (C=O) groups excluding carboxylic acids is 1. The van der Waals surface area contributed by atoms with Crippen LogP contribution in [0.4, 0.5) is 10.5 Å². The second kappa shape index (κ2) is 8.03. The van der Waals surface area contributed by atoms with Gasteiger partial charge in [0.05, 0.1) is 17.9 Å². The number of ether oxygens (including phenoxy) is 1. The summed E-state index contributed by atoms with van der Waals surface area (Å²) in [6.45, 7) is 2.73. The summed E-state index contributed by atoms with van der Waals surface area (Å²) in [5.74, 6) is 0.647. The maximum atomic E-state index is 12.1. The van der Waals surface area contributed by atoms with E-state index in [1.165, 1.54) is 0 Å². The Bertz CT molecular complexity index is 483. The predicted octanol–water partition coefficient (Wildman–Crippen LogP) is 3.29. The Morgan fingerprint density at radius 1 is 1.23 bits per heavy atom. The number of para-hydroxylation sites is 2. The minimum atomic E-state index is -0.771. The topological polar surface area (TPSA) is 70.6 Å². The monoisotopic (exact) mass is 306 g/mol. The summed E-state index contributed by atoms with van der Waals surface area (Å²) in [5, 5.41) is 16.1. The summed E-state index contributed by atoms with van der Waals surface area (Å²) in [6, 6.07) is 7.01. The average molecular weight is 306 g/mol. The number of nitrogens with one attached hydrogen (secondary N) is 2. The molecular weight excluding hydrogens is 280 g/mol. The van der Waals surface area contributed by atoms with Gasteiger partial charge in [0.15, 0.2) is 0 Å². The maximum Gasteiger partial charge on any atom is 0.319 e. The molecule has 5 heteroatoms. The Kier molecular flexibility index (Phi) is 6.07. The lowest BCUT2D eigenvalue weighted by Crippen LogP contribution is -2.44. The number of hydrogen-bond donors (Lipinski definition) is 3. The molecule has 0 aliphatic heterocycles. The molecule has 0 atom stereocenters. The van der Waals surface area contributed by atoms with Gasteiger partial charge >= 0.3 is 6.03 Å². The minimum Gasteiger partial charge on any atom is -0.492 e. The van der Waals surface area contributed by atoms with Crippen LogP contribution in [0.2, 0.25) is 0 Å². The van der Waals surface area contributed by atoms with E-state index in [1.807, 2.05) is 25.1 Å². The fourth-order valence-corrected chi connectivity index (χ4v) is 2.83. The van der Waals surface area contributed by atoms with Crippen molar-refractivity contribution in [2.75, 3.05) is 18.5 Å². The van der Waals surface area contributed by atoms with E-state index >= 15 is 0 Å². The van der Waals surface area contributed by atoms with Gasteiger partial charge in [-0.15, -0.1) is 0 Å². The van der Waals surface area contributed by atoms with Crippen LogP contribution >= 0.6 is 0 Å². The molecule has 122 valence electrons. The van der Waals surface area contributed by atoms with E-state index in [-0.39, 0.29) is 12.6 Å². The zero-order valence-electron chi connectivity index (χ0n) is 13.2. The van der Waals surface area contributed by atoms with Crippen molar-refractivity contribution in [2.45, 2.75) is 51.0 Å². The third-order valence-electron chi connectivity index (χ3n) is 4.05. The average Bonchev–Trinajstić information content (AvgIpc) is 2.73. The summed E-state index contributed by atoms with van der Waals surface area (Å²) < 4.78 is 5.48. The van der Waals surface area contributed by atoms with Crippen LogP contribution < -0.4 is 15.4 Å². The van der Waals surface area contributed by atoms with Crippen molar-refractivity contribution >= 4 is 11.7 Å². The molecule has 0 heterocycles. The third kappa shape index (κ3) is 4.91. The first kappa shape index (κ1) is 16.6. The van der Waals surface area contributed by atoms with Crippen LogP contribution in [0.1, 0.15) is 45.4 Å². The summed E-state index contributed by atoms with van der Waals surface area (Å²) in [5.41, 5.74) is -0.137. The fourth-order valence-electron chi connectivity index (χ4n) is 2.83. The van der Waals surface area contributed by atoms with Gasteiger partial charge in [-0.2, -0.15) is 0 Å². The van der Waals surface area contributed by atoms with Crippen molar-refractivity contribution in [3.05, 3.63) is 24.3 Å². The molecule has 1 fully saturated rings. The second-order valence-electron chi connectivity index (χ2n) is 5.88. The van der Waals surface area contributed by atoms with Gasteiger partial charge in [0.25, 0.3) is 0 Å². The highest BCUT2D eigenvalue weighted by Gasteiger charge is 2.28. The number of aliphatic hydroxyl groups is 1. The van der Waals surface area contributed by atoms with Crippen molar-refractivity contribution in [3.8, 4) is 5.75 Å². The molecule has 1 saturated carbocycles. The highest BCUT2D eigenvalue weighted by atomic mass is 16.5. The Morgan fingerprint density at radius 2 is 1.91 bits per heavy atom. The summed E-state index contributed by atoms with van der Waals surface area (Å²) in [4.78, 5) is 12.1. The van der Waals surface area contributed by atoms with Crippen LogP contribution in [-0.4, -0.2) is 29.9 Å². The first-order valence-electron chi connectivity index (χ1n) is 8.12. The summed E-state index contributed by atoms with van der Waals surface area (Å²) in [6.07, 6.45) is 5.87. The first-order valence-corrected chi connectivity index (χ1v) is 8.12. The molecule has 1 aliphatic carbocycles. The van der Waals surface area contributed by atoms with Gasteiger partial charge < -0.3 is 20.5 Å². The molecule has 0 unspecified atom stereocenters. The van der Waals surface area contributed by atoms with Gasteiger partial charge in [-0.05, 0) is 31.9 Å². The van der Waals surface area contributed by atoms with Gasteiger partial charge in [0.1, 0.15) is 5.75 Å². The number of carbonyl (C=O) groups is 1. The van der Waals surface area contributed by atoms with E-state index in [2.05, 4.69) is 10.6 Å². The molecule has 22 heavy (non-hydrogen) atoms. The Morgan fingerprint density at radius 3 is 2.59 bits per heavy atom. The van der Waals surface area contributed by atoms with E-state index in [1.54, 1.807) is 6.07 Å². The first-order chi connectivity index (χ1) is 10.6. The van der Waals surface area contributed by atoms with Crippen molar-refractivity contribution in [1.82, 2.24) is 5.32 Å². The van der Waals surface area contributed by atoms with Crippen LogP contribution in [0.25, 0.3) is 0 Å². The standard InChI is InChI=1S/C17H26N2O3/c1-2-22-15-10-6-5-9-14(15)19-16(20)18-13-17(21)11-7-3-4-8-12-17/h5-6,9-10,21H,2-4,7-8,11-13H2,1H3,(H2,18,19,20). The lowest BCUT2D eigenvalue weighted by Gasteiger charge is -2.26. The van der Waals surface area contributed by atoms with Crippen molar-refractivity contribution in [2.24, 2.45) is 0 Å². The number of anilines is 1. The van der Waals surface area contributed by atoms with Gasteiger partial charge in [-0.1, -0.05) is 37.8 Å². The summed E-state index contributed by atoms with van der Waals surface area (Å²) in [7, 11) is 0. The molecule has 1 aliphatic rings. The number of rotatable bonds is 5. The molecule has 2 rings (SSSR count). The number of urea groups is 1. The van der Waals surface area contributed by atoms with E-state index < -0.39 is 5.60 Å². The quantitative estimate of drug-likeness (QED) is 0.731. The smallest absolute Gasteiger partial charge is 0.319 e. The molecule has 3 N–H and O–H groups in total. The third-order valence-corrected chi connectivity index (χ3v) is 4.05. The molecule has 0 aromatic heterocycles. The largest absolute Gasteiger partial charge is 0.492 e. The number of amides is 2. The molecule has 5 nitrogen and oxygen atoms in total. The van der Waals surface area contributed by atoms with E-state index in [4.69, 9.17) is 4.74 Å². The fraction of sp³-hybridized carbons (Fsp3) is 0.588. The number of hydrogen-bond acceptors (Lipinski definition) is 3. The van der Waals surface area contributed by atoms with Crippen LogP contribution in [0.3, 0.4) is 0 Å². The van der Waals surface area contributed by atoms with Crippen LogP contribution in [0.15, 0.2) is 24.3 Å². The molecule has 0 spiro atoms. The Balaban J connectivity index is 1.87. The van der Waals surface area contributed by atoms with E-state index in [0.717, 1.165) is 38.5 Å². The zero-order valence-corrected chi connectivity index (χ0v) is 13.2. The van der Waals surface area contributed by atoms with Crippen LogP contribution in [0, 0.1) is 0 Å². The molecule has 0 saturated heterocycles. The van der Waals surface area contributed by atoms with E-state index in [9.17, 15) is 9.90 Å². The van der Waals surface area contributed by atoms with Crippen molar-refractivity contribution in [3.63, 3.8) is 0 Å². The van der Waals surface area contributed by atoms with Gasteiger partial charge in [-0.3, -0.25) is 0 Å². The number of benzene rings is 1. The molecule has 0 radical (unpaired) electrons. The summed E-state index contributed by atoms with van der Waals surface area (Å²) >= 11 is 0. The van der Waals surface area contributed by atoms with Gasteiger partial charge in [-0.25, -0.2) is 4.79 Å². The predicted molar refractivity (Wildman–Crippen MR) is 87.3 cm³/mol. The maximum absolute atomic E-state index is 12.1. The van der Waals surface area contributed by atoms with Gasteiger partial charge in [0.2, 0.25) is 0 Å². The van der Waals surface area contributed by atoms with E-state index in [0.29, 0.717) is 18.0 Å². The molecule has 2 amide bonds. The molecular formula is C17H26N2O3. The lowest BCUT2D eigenvalue weighted by atomic mass is 9.95. The lowest BCUT2D eigenvalue weighted by molar-refractivity contribution is 0.0281. The Hall–Kier alpha value is -1.75. The molecule has 1 aromatic rings. The highest BCUT2D eigenvalue weighted by Crippen LogP contribution is 2.27. The second-order valence-corrected chi connectivity index (χ2v) is 5.88. The van der Waals surface area contributed by atoms with Crippen molar-refractivity contribution in [1.29, 1.82) is 0 Å². The minimum absolute atomic E-state index is 0.287. The normalized spacial score (nSPS) is 17.4. The van der Waals surface area contributed by atoms with Crippen LogP contribution in [0.5, 0.6) is 5.75 Å². The Labute approximate surface area is 132 Å².